The highest BCUT2D eigenvalue weighted by molar-refractivity contribution is 5.99. The number of amides is 1. The van der Waals surface area contributed by atoms with Crippen LogP contribution in [0.3, 0.4) is 0 Å². The van der Waals surface area contributed by atoms with Crippen molar-refractivity contribution in [1.29, 1.82) is 0 Å². The van der Waals surface area contributed by atoms with Crippen LogP contribution in [0.2, 0.25) is 0 Å². The van der Waals surface area contributed by atoms with Crippen molar-refractivity contribution < 1.29 is 19.1 Å². The summed E-state index contributed by atoms with van der Waals surface area (Å²) < 4.78 is 4.95. The third-order valence-electron chi connectivity index (χ3n) is 3.15. The number of aromatic amines is 1. The number of anilines is 1. The number of esters is 1. The predicted molar refractivity (Wildman–Crippen MR) is 80.9 cm³/mol. The zero-order valence-corrected chi connectivity index (χ0v) is 12.3. The molecule has 2 rings (SSSR count). The molecule has 1 amide bonds. The SMILES string of the molecule is CC(=O)c1c[nH]c(C(=O)OCC(=O)N(C)c2ccccc2)c1. The summed E-state index contributed by atoms with van der Waals surface area (Å²) in [6, 6.07) is 10.4. The van der Waals surface area contributed by atoms with Gasteiger partial charge in [0.25, 0.3) is 5.91 Å². The maximum atomic E-state index is 12.0. The number of hydrogen-bond donors (Lipinski definition) is 1. The Morgan fingerprint density at radius 3 is 2.45 bits per heavy atom. The minimum absolute atomic E-state index is 0.139. The third-order valence-corrected chi connectivity index (χ3v) is 3.15. The molecule has 0 radical (unpaired) electrons. The van der Waals surface area contributed by atoms with Gasteiger partial charge in [0.2, 0.25) is 0 Å². The fraction of sp³-hybridized carbons (Fsp3) is 0.188. The first kappa shape index (κ1) is 15.5. The number of hydrogen-bond acceptors (Lipinski definition) is 4. The van der Waals surface area contributed by atoms with E-state index in [2.05, 4.69) is 4.98 Å². The Bertz CT molecular complexity index is 691. The molecule has 2 aromatic rings. The van der Waals surface area contributed by atoms with Crippen molar-refractivity contribution in [2.45, 2.75) is 6.92 Å². The molecule has 114 valence electrons. The van der Waals surface area contributed by atoms with E-state index >= 15 is 0 Å². The van der Waals surface area contributed by atoms with Crippen molar-refractivity contribution >= 4 is 23.3 Å². The first-order chi connectivity index (χ1) is 10.5. The number of ether oxygens (including phenoxy) is 1. The van der Waals surface area contributed by atoms with E-state index in [1.165, 1.54) is 24.1 Å². The van der Waals surface area contributed by atoms with E-state index < -0.39 is 5.97 Å². The van der Waals surface area contributed by atoms with Gasteiger partial charge in [-0.3, -0.25) is 9.59 Å². The second-order valence-electron chi connectivity index (χ2n) is 4.72. The van der Waals surface area contributed by atoms with Crippen LogP contribution in [0, 0.1) is 0 Å². The summed E-state index contributed by atoms with van der Waals surface area (Å²) >= 11 is 0. The summed E-state index contributed by atoms with van der Waals surface area (Å²) in [5.41, 5.74) is 1.24. The number of carbonyl (C=O) groups excluding carboxylic acids is 3. The molecule has 0 fully saturated rings. The lowest BCUT2D eigenvalue weighted by Gasteiger charge is -2.16. The van der Waals surface area contributed by atoms with Gasteiger partial charge in [0.15, 0.2) is 12.4 Å². The van der Waals surface area contributed by atoms with Gasteiger partial charge in [0.05, 0.1) is 0 Å². The Morgan fingerprint density at radius 2 is 1.86 bits per heavy atom. The molecule has 0 bridgehead atoms. The maximum absolute atomic E-state index is 12.0. The summed E-state index contributed by atoms with van der Waals surface area (Å²) in [5.74, 6) is -1.18. The van der Waals surface area contributed by atoms with Crippen LogP contribution < -0.4 is 4.90 Å². The summed E-state index contributed by atoms with van der Waals surface area (Å²) in [7, 11) is 1.61. The number of carbonyl (C=O) groups is 3. The molecular weight excluding hydrogens is 284 g/mol. The molecular formula is C16H16N2O4. The first-order valence-corrected chi connectivity index (χ1v) is 6.67. The Morgan fingerprint density at radius 1 is 1.18 bits per heavy atom. The molecule has 0 atom stereocenters. The Hall–Kier alpha value is -2.89. The van der Waals surface area contributed by atoms with Crippen LogP contribution >= 0.6 is 0 Å². The highest BCUT2D eigenvalue weighted by Crippen LogP contribution is 2.11. The fourth-order valence-electron chi connectivity index (χ4n) is 1.81. The standard InChI is InChI=1S/C16H16N2O4/c1-11(19)12-8-14(17-9-12)16(21)22-10-15(20)18(2)13-6-4-3-5-7-13/h3-9,17H,10H2,1-2H3. The number of H-pyrrole nitrogens is 1. The molecule has 0 aliphatic carbocycles. The van der Waals surface area contributed by atoms with Crippen LogP contribution in [0.1, 0.15) is 27.8 Å². The number of aromatic nitrogens is 1. The average Bonchev–Trinajstić information content (AvgIpc) is 3.02. The minimum Gasteiger partial charge on any atom is -0.451 e. The van der Waals surface area contributed by atoms with Crippen LogP contribution in [-0.4, -0.2) is 36.3 Å². The second-order valence-corrected chi connectivity index (χ2v) is 4.72. The maximum Gasteiger partial charge on any atom is 0.355 e. The van der Waals surface area contributed by atoms with Crippen LogP contribution in [0.25, 0.3) is 0 Å². The van der Waals surface area contributed by atoms with Crippen LogP contribution in [0.15, 0.2) is 42.6 Å². The smallest absolute Gasteiger partial charge is 0.355 e. The lowest BCUT2D eigenvalue weighted by molar-refractivity contribution is -0.121. The number of para-hydroxylation sites is 1. The van der Waals surface area contributed by atoms with Gasteiger partial charge in [-0.1, -0.05) is 18.2 Å². The molecule has 6 nitrogen and oxygen atoms in total. The average molecular weight is 300 g/mol. The summed E-state index contributed by atoms with van der Waals surface area (Å²) in [6.07, 6.45) is 1.43. The van der Waals surface area contributed by atoms with E-state index in [-0.39, 0.29) is 24.0 Å². The molecule has 0 spiro atoms. The largest absolute Gasteiger partial charge is 0.451 e. The third kappa shape index (κ3) is 3.60. The number of nitrogens with one attached hydrogen (secondary N) is 1. The topological polar surface area (TPSA) is 79.5 Å². The van der Waals surface area contributed by atoms with Gasteiger partial charge in [0.1, 0.15) is 5.69 Å². The van der Waals surface area contributed by atoms with E-state index in [0.29, 0.717) is 11.3 Å². The number of benzene rings is 1. The van der Waals surface area contributed by atoms with E-state index in [1.807, 2.05) is 18.2 Å². The normalized spacial score (nSPS) is 10.1. The minimum atomic E-state index is -0.678. The monoisotopic (exact) mass is 300 g/mol. The number of ketones is 1. The predicted octanol–water partition coefficient (Wildman–Crippen LogP) is 2.04. The van der Waals surface area contributed by atoms with Gasteiger partial charge < -0.3 is 14.6 Å². The van der Waals surface area contributed by atoms with Gasteiger partial charge in [0, 0.05) is 24.5 Å². The zero-order chi connectivity index (χ0) is 16.1. The van der Waals surface area contributed by atoms with Crippen LogP contribution in [0.4, 0.5) is 5.69 Å². The molecule has 0 aliphatic rings. The fourth-order valence-corrected chi connectivity index (χ4v) is 1.81. The van der Waals surface area contributed by atoms with Crippen molar-refractivity contribution in [3.05, 3.63) is 53.9 Å². The van der Waals surface area contributed by atoms with Crippen molar-refractivity contribution in [2.24, 2.45) is 0 Å². The molecule has 0 aliphatic heterocycles. The number of rotatable bonds is 5. The summed E-state index contributed by atoms with van der Waals surface area (Å²) in [6.45, 7) is 1.02. The van der Waals surface area contributed by atoms with Crippen LogP contribution in [0.5, 0.6) is 0 Å². The highest BCUT2D eigenvalue weighted by atomic mass is 16.5. The van der Waals surface area contributed by atoms with E-state index in [1.54, 1.807) is 19.2 Å². The van der Waals surface area contributed by atoms with Crippen molar-refractivity contribution in [3.63, 3.8) is 0 Å². The molecule has 1 aromatic carbocycles. The number of Topliss-reactive ketones (excluding diaryl/α,β-unsaturated/α-hetero) is 1. The van der Waals surface area contributed by atoms with Gasteiger partial charge in [-0.25, -0.2) is 4.79 Å². The lowest BCUT2D eigenvalue weighted by atomic mass is 10.2. The molecule has 22 heavy (non-hydrogen) atoms. The Labute approximate surface area is 127 Å². The number of likely N-dealkylation sites (N-methyl/N-ethyl adjacent to an activating group) is 1. The molecule has 0 saturated carbocycles. The van der Waals surface area contributed by atoms with Gasteiger partial charge >= 0.3 is 5.97 Å². The molecule has 1 N–H and O–H groups in total. The lowest BCUT2D eigenvalue weighted by Crippen LogP contribution is -2.31. The second kappa shape index (κ2) is 6.71. The van der Waals surface area contributed by atoms with Gasteiger partial charge in [-0.15, -0.1) is 0 Å². The Balaban J connectivity index is 1.93. The quantitative estimate of drug-likeness (QED) is 0.677. The van der Waals surface area contributed by atoms with Crippen molar-refractivity contribution in [2.75, 3.05) is 18.6 Å². The number of nitrogens with zero attached hydrogens (tertiary/aromatic N) is 1. The van der Waals surface area contributed by atoms with Crippen molar-refractivity contribution in [3.8, 4) is 0 Å². The first-order valence-electron chi connectivity index (χ1n) is 6.67. The zero-order valence-electron chi connectivity index (χ0n) is 12.3. The van der Waals surface area contributed by atoms with Gasteiger partial charge in [-0.05, 0) is 25.1 Å². The Kier molecular flexibility index (Phi) is 4.73. The van der Waals surface area contributed by atoms with E-state index in [0.717, 1.165) is 0 Å². The molecule has 1 aromatic heterocycles. The van der Waals surface area contributed by atoms with Crippen LogP contribution in [-0.2, 0) is 9.53 Å². The molecule has 6 heteroatoms. The summed E-state index contributed by atoms with van der Waals surface area (Å²) in [4.78, 5) is 39.0. The molecule has 0 saturated heterocycles. The van der Waals surface area contributed by atoms with E-state index in [9.17, 15) is 14.4 Å². The van der Waals surface area contributed by atoms with Gasteiger partial charge in [-0.2, -0.15) is 0 Å². The molecule has 0 unspecified atom stereocenters. The summed E-state index contributed by atoms with van der Waals surface area (Å²) in [5, 5.41) is 0. The van der Waals surface area contributed by atoms with Crippen molar-refractivity contribution in [1.82, 2.24) is 4.98 Å². The molecule has 1 heterocycles. The van der Waals surface area contributed by atoms with E-state index in [4.69, 9.17) is 4.74 Å². The highest BCUT2D eigenvalue weighted by Gasteiger charge is 2.16.